The number of rotatable bonds is 8. The minimum Gasteiger partial charge on any atom is -0.449 e. The van der Waals surface area contributed by atoms with E-state index in [1.54, 1.807) is 24.3 Å². The summed E-state index contributed by atoms with van der Waals surface area (Å²) in [4.78, 5) is 43.5. The Balaban J connectivity index is 1.37. The van der Waals surface area contributed by atoms with Gasteiger partial charge < -0.3 is 9.15 Å². The third-order valence-electron chi connectivity index (χ3n) is 6.35. The fourth-order valence-corrected chi connectivity index (χ4v) is 4.45. The van der Waals surface area contributed by atoms with Crippen molar-refractivity contribution in [2.24, 2.45) is 5.92 Å². The zero-order valence-corrected chi connectivity index (χ0v) is 19.8. The number of oxazole rings is 1. The number of imide groups is 2. The van der Waals surface area contributed by atoms with Gasteiger partial charge in [-0.2, -0.15) is 0 Å². The highest BCUT2D eigenvalue weighted by Gasteiger charge is 2.28. The van der Waals surface area contributed by atoms with Crippen LogP contribution >= 0.6 is 0 Å². The standard InChI is InChI=1S/C27H31N3O5/c31-25(24-28-22-15-7-8-16-23(22)35-24)30(18-9-14-20-10-3-1-4-11-20)26(32)29-27(33)34-19-17-21-12-5-2-6-13-21/h1,3-4,7-8,10-11,15-16,21H,2,5-6,9,12-14,17-19H2,(H,29,32,33). The van der Waals surface area contributed by atoms with E-state index < -0.39 is 18.0 Å². The molecule has 35 heavy (non-hydrogen) atoms. The van der Waals surface area contributed by atoms with Crippen molar-refractivity contribution in [2.75, 3.05) is 13.2 Å². The summed E-state index contributed by atoms with van der Waals surface area (Å²) in [5.74, 6) is -0.351. The smallest absolute Gasteiger partial charge is 0.415 e. The molecule has 1 N–H and O–H groups in total. The number of hydrogen-bond donors (Lipinski definition) is 1. The number of para-hydroxylation sites is 2. The molecule has 2 aromatic carbocycles. The molecule has 4 amide bonds. The Morgan fingerprint density at radius 1 is 1.00 bits per heavy atom. The van der Waals surface area contributed by atoms with Crippen LogP contribution < -0.4 is 5.32 Å². The molecular weight excluding hydrogens is 446 g/mol. The number of alkyl carbamates (subject to hydrolysis) is 1. The maximum Gasteiger partial charge on any atom is 0.415 e. The lowest BCUT2D eigenvalue weighted by molar-refractivity contribution is 0.0759. The quantitative estimate of drug-likeness (QED) is 0.445. The summed E-state index contributed by atoms with van der Waals surface area (Å²) in [6, 6.07) is 15.9. The van der Waals surface area contributed by atoms with Crippen LogP contribution in [0.3, 0.4) is 0 Å². The van der Waals surface area contributed by atoms with Gasteiger partial charge in [0, 0.05) is 6.54 Å². The fraction of sp³-hybridized carbons (Fsp3) is 0.407. The first kappa shape index (κ1) is 24.4. The van der Waals surface area contributed by atoms with Gasteiger partial charge in [-0.1, -0.05) is 74.6 Å². The van der Waals surface area contributed by atoms with E-state index in [9.17, 15) is 14.4 Å². The second kappa shape index (κ2) is 12.1. The molecule has 3 aromatic rings. The molecule has 0 spiro atoms. The molecule has 0 unspecified atom stereocenters. The van der Waals surface area contributed by atoms with Crippen LogP contribution in [0.5, 0.6) is 0 Å². The second-order valence-electron chi connectivity index (χ2n) is 8.89. The second-order valence-corrected chi connectivity index (χ2v) is 8.89. The Kier molecular flexibility index (Phi) is 8.48. The first-order chi connectivity index (χ1) is 17.1. The third kappa shape index (κ3) is 6.91. The molecule has 1 heterocycles. The van der Waals surface area contributed by atoms with Gasteiger partial charge >= 0.3 is 18.0 Å². The molecule has 8 nitrogen and oxygen atoms in total. The zero-order chi connectivity index (χ0) is 24.5. The number of carbonyl (C=O) groups is 3. The summed E-state index contributed by atoms with van der Waals surface area (Å²) in [6.45, 7) is 0.338. The molecule has 0 saturated heterocycles. The van der Waals surface area contributed by atoms with E-state index in [2.05, 4.69) is 10.3 Å². The van der Waals surface area contributed by atoms with E-state index in [0.717, 1.165) is 29.7 Å². The average molecular weight is 478 g/mol. The summed E-state index contributed by atoms with van der Waals surface area (Å²) < 4.78 is 10.8. The lowest BCUT2D eigenvalue weighted by Crippen LogP contribution is -2.47. The monoisotopic (exact) mass is 477 g/mol. The SMILES string of the molecule is O=C(NC(=O)N(CCCc1ccccc1)C(=O)c1nc2ccccc2o1)OCCC1CCCCC1. The van der Waals surface area contributed by atoms with Gasteiger partial charge in [-0.25, -0.2) is 19.9 Å². The Hall–Kier alpha value is -3.68. The molecule has 8 heteroatoms. The first-order valence-electron chi connectivity index (χ1n) is 12.3. The van der Waals surface area contributed by atoms with Crippen molar-refractivity contribution >= 4 is 29.1 Å². The summed E-state index contributed by atoms with van der Waals surface area (Å²) in [5.41, 5.74) is 2.05. The number of aryl methyl sites for hydroxylation is 1. The van der Waals surface area contributed by atoms with Crippen molar-refractivity contribution in [1.29, 1.82) is 0 Å². The highest BCUT2D eigenvalue weighted by atomic mass is 16.5. The van der Waals surface area contributed by atoms with E-state index in [-0.39, 0.29) is 19.0 Å². The highest BCUT2D eigenvalue weighted by molar-refractivity contribution is 6.05. The molecule has 1 aromatic heterocycles. The average Bonchev–Trinajstić information content (AvgIpc) is 3.32. The summed E-state index contributed by atoms with van der Waals surface area (Å²) >= 11 is 0. The number of urea groups is 1. The number of aromatic nitrogens is 1. The number of benzene rings is 2. The predicted octanol–water partition coefficient (Wildman–Crippen LogP) is 5.72. The highest BCUT2D eigenvalue weighted by Crippen LogP contribution is 2.26. The molecule has 1 aliphatic rings. The normalized spacial score (nSPS) is 13.9. The Labute approximate surface area is 204 Å². The minimum absolute atomic E-state index is 0.0909. The van der Waals surface area contributed by atoms with Crippen molar-refractivity contribution in [3.05, 3.63) is 66.1 Å². The van der Waals surface area contributed by atoms with E-state index in [1.807, 2.05) is 30.3 Å². The van der Waals surface area contributed by atoms with Crippen LogP contribution in [0.1, 0.15) is 61.2 Å². The minimum atomic E-state index is -0.857. The molecule has 0 radical (unpaired) electrons. The zero-order valence-electron chi connectivity index (χ0n) is 19.8. The van der Waals surface area contributed by atoms with Crippen LogP contribution in [0.4, 0.5) is 9.59 Å². The maximum atomic E-state index is 13.2. The van der Waals surface area contributed by atoms with Gasteiger partial charge in [0.05, 0.1) is 6.61 Å². The number of fused-ring (bicyclic) bond motifs is 1. The predicted molar refractivity (Wildman–Crippen MR) is 131 cm³/mol. The van der Waals surface area contributed by atoms with Crippen molar-refractivity contribution in [3.63, 3.8) is 0 Å². The Bertz CT molecular complexity index is 1100. The van der Waals surface area contributed by atoms with Crippen LogP contribution in [0.2, 0.25) is 0 Å². The fourth-order valence-electron chi connectivity index (χ4n) is 4.45. The lowest BCUT2D eigenvalue weighted by atomic mass is 9.87. The van der Waals surface area contributed by atoms with Gasteiger partial charge in [0.25, 0.3) is 5.89 Å². The van der Waals surface area contributed by atoms with E-state index >= 15 is 0 Å². The molecule has 1 fully saturated rings. The number of ether oxygens (including phenoxy) is 1. The van der Waals surface area contributed by atoms with Crippen LogP contribution in [-0.2, 0) is 11.2 Å². The van der Waals surface area contributed by atoms with Crippen LogP contribution in [0.25, 0.3) is 11.1 Å². The number of nitrogens with zero attached hydrogens (tertiary/aromatic N) is 2. The topological polar surface area (TPSA) is 102 Å². The molecule has 1 aliphatic carbocycles. The van der Waals surface area contributed by atoms with Crippen molar-refractivity contribution < 1.29 is 23.5 Å². The van der Waals surface area contributed by atoms with Gasteiger partial charge in [0.15, 0.2) is 5.58 Å². The van der Waals surface area contributed by atoms with Gasteiger partial charge in [0.1, 0.15) is 5.52 Å². The van der Waals surface area contributed by atoms with Crippen LogP contribution in [0, 0.1) is 5.92 Å². The lowest BCUT2D eigenvalue weighted by Gasteiger charge is -2.21. The van der Waals surface area contributed by atoms with Gasteiger partial charge in [0.2, 0.25) is 0 Å². The third-order valence-corrected chi connectivity index (χ3v) is 6.35. The molecule has 4 rings (SSSR count). The Morgan fingerprint density at radius 2 is 1.74 bits per heavy atom. The number of carbonyl (C=O) groups excluding carboxylic acids is 3. The Morgan fingerprint density at radius 3 is 2.51 bits per heavy atom. The van der Waals surface area contributed by atoms with Crippen molar-refractivity contribution in [1.82, 2.24) is 15.2 Å². The van der Waals surface area contributed by atoms with E-state index in [1.165, 1.54) is 19.3 Å². The summed E-state index contributed by atoms with van der Waals surface area (Å²) in [6.07, 6.45) is 7.10. The van der Waals surface area contributed by atoms with Crippen LogP contribution in [-0.4, -0.2) is 41.1 Å². The van der Waals surface area contributed by atoms with Crippen LogP contribution in [0.15, 0.2) is 59.0 Å². The van der Waals surface area contributed by atoms with Crippen molar-refractivity contribution in [2.45, 2.75) is 51.4 Å². The molecule has 0 atom stereocenters. The van der Waals surface area contributed by atoms with Gasteiger partial charge in [-0.05, 0) is 42.9 Å². The molecular formula is C27H31N3O5. The number of amides is 4. The van der Waals surface area contributed by atoms with E-state index in [4.69, 9.17) is 9.15 Å². The molecule has 1 saturated carbocycles. The number of nitrogens with one attached hydrogen (secondary N) is 1. The summed E-state index contributed by atoms with van der Waals surface area (Å²) in [7, 11) is 0. The van der Waals surface area contributed by atoms with Gasteiger partial charge in [-0.3, -0.25) is 9.69 Å². The molecule has 0 bridgehead atoms. The number of hydrogen-bond acceptors (Lipinski definition) is 6. The van der Waals surface area contributed by atoms with Gasteiger partial charge in [-0.15, -0.1) is 0 Å². The molecule has 184 valence electrons. The maximum absolute atomic E-state index is 13.2. The largest absolute Gasteiger partial charge is 0.449 e. The first-order valence-corrected chi connectivity index (χ1v) is 12.3. The van der Waals surface area contributed by atoms with E-state index in [0.29, 0.717) is 29.9 Å². The molecule has 0 aliphatic heterocycles. The van der Waals surface area contributed by atoms with Crippen molar-refractivity contribution in [3.8, 4) is 0 Å². The summed E-state index contributed by atoms with van der Waals surface area (Å²) in [5, 5.41) is 2.19.